The predicted octanol–water partition coefficient (Wildman–Crippen LogP) is 6.28. The van der Waals surface area contributed by atoms with Gasteiger partial charge in [0.25, 0.3) is 5.91 Å². The fourth-order valence-corrected chi connectivity index (χ4v) is 3.75. The Morgan fingerprint density at radius 3 is 2.45 bits per heavy atom. The Morgan fingerprint density at radius 2 is 1.85 bits per heavy atom. The molecule has 0 aliphatic carbocycles. The average Bonchev–Trinajstić information content (AvgIpc) is 2.69. The van der Waals surface area contributed by atoms with E-state index in [9.17, 15) is 26.6 Å². The number of amides is 1. The van der Waals surface area contributed by atoms with Gasteiger partial charge in [-0.2, -0.15) is 17.6 Å². The van der Waals surface area contributed by atoms with Crippen molar-refractivity contribution in [2.75, 3.05) is 11.6 Å². The Hall–Kier alpha value is -3.18. The second-order valence-corrected chi connectivity index (χ2v) is 9.54. The highest BCUT2D eigenvalue weighted by molar-refractivity contribution is 7.91. The van der Waals surface area contributed by atoms with Crippen LogP contribution < -0.4 is 10.1 Å². The van der Waals surface area contributed by atoms with Crippen LogP contribution in [0.1, 0.15) is 21.6 Å². The molecule has 3 aromatic rings. The van der Waals surface area contributed by atoms with Crippen molar-refractivity contribution in [2.24, 2.45) is 0 Å². The van der Waals surface area contributed by atoms with E-state index in [4.69, 9.17) is 21.1 Å². The summed E-state index contributed by atoms with van der Waals surface area (Å²) < 4.78 is 78.6. The number of nitrogens with zero attached hydrogens (tertiary/aromatic N) is 1. The maximum Gasteiger partial charge on any atom is 0.417 e. The summed E-state index contributed by atoms with van der Waals surface area (Å²) in [5.74, 6) is -2.25. The summed E-state index contributed by atoms with van der Waals surface area (Å²) >= 11 is 5.79. The Labute approximate surface area is 191 Å². The van der Waals surface area contributed by atoms with Crippen molar-refractivity contribution in [3.63, 3.8) is 0 Å². The highest BCUT2D eigenvalue weighted by atomic mass is 35.5. The van der Waals surface area contributed by atoms with Gasteiger partial charge in [0.1, 0.15) is 11.5 Å². The minimum Gasteiger partial charge on any atom is -0.455 e. The zero-order valence-electron chi connectivity index (χ0n) is 17.1. The summed E-state index contributed by atoms with van der Waals surface area (Å²) in [6.07, 6.45) is -3.63. The van der Waals surface area contributed by atoms with Crippen molar-refractivity contribution >= 4 is 32.9 Å². The van der Waals surface area contributed by atoms with Gasteiger partial charge >= 0.3 is 6.18 Å². The van der Waals surface area contributed by atoms with E-state index in [1.807, 2.05) is 0 Å². The molecule has 12 heteroatoms. The molecule has 6 nitrogen and oxygen atoms in total. The lowest BCUT2D eigenvalue weighted by molar-refractivity contribution is -0.137. The molecule has 174 valence electrons. The van der Waals surface area contributed by atoms with Gasteiger partial charge in [0.2, 0.25) is 5.95 Å². The number of aromatic nitrogens is 1. The van der Waals surface area contributed by atoms with Crippen molar-refractivity contribution in [3.05, 3.63) is 76.3 Å². The molecule has 0 bridgehead atoms. The topological polar surface area (TPSA) is 92.1 Å². The van der Waals surface area contributed by atoms with E-state index in [0.29, 0.717) is 6.07 Å². The molecule has 3 rings (SSSR count). The fourth-order valence-electron chi connectivity index (χ4n) is 2.79. The maximum absolute atomic E-state index is 13.4. The van der Waals surface area contributed by atoms with Gasteiger partial charge < -0.3 is 10.1 Å². The molecule has 0 aliphatic rings. The smallest absolute Gasteiger partial charge is 0.417 e. The molecule has 2 aromatic carbocycles. The lowest BCUT2D eigenvalue weighted by Gasteiger charge is -2.17. The van der Waals surface area contributed by atoms with Crippen LogP contribution in [-0.2, 0) is 15.9 Å². The maximum atomic E-state index is 13.4. The Bertz CT molecular complexity index is 1350. The number of rotatable bonds is 5. The number of nitrogens with one attached hydrogen (secondary N) is 2. The molecule has 0 saturated heterocycles. The minimum absolute atomic E-state index is 0.0470. The number of hydrogen-bond acceptors (Lipinski definition) is 5. The number of halogens is 5. The van der Waals surface area contributed by atoms with E-state index >= 15 is 0 Å². The third-order valence-corrected chi connectivity index (χ3v) is 5.85. The highest BCUT2D eigenvalue weighted by Crippen LogP contribution is 2.40. The van der Waals surface area contributed by atoms with Gasteiger partial charge in [-0.25, -0.2) is 14.0 Å². The van der Waals surface area contributed by atoms with Crippen LogP contribution in [0.3, 0.4) is 0 Å². The second kappa shape index (κ2) is 8.99. The highest BCUT2D eigenvalue weighted by Gasteiger charge is 2.35. The predicted molar refractivity (Wildman–Crippen MR) is 115 cm³/mol. The van der Waals surface area contributed by atoms with Crippen LogP contribution in [0.2, 0.25) is 5.02 Å². The van der Waals surface area contributed by atoms with E-state index in [1.165, 1.54) is 37.4 Å². The number of alkyl halides is 3. The van der Waals surface area contributed by atoms with Crippen LogP contribution >= 0.6 is 11.6 Å². The third kappa shape index (κ3) is 5.79. The number of anilines is 1. The largest absolute Gasteiger partial charge is 0.455 e. The molecule has 33 heavy (non-hydrogen) atoms. The minimum atomic E-state index is -4.83. The van der Waals surface area contributed by atoms with Crippen molar-refractivity contribution in [1.29, 1.82) is 4.78 Å². The first-order valence-electron chi connectivity index (χ1n) is 9.12. The first-order valence-corrected chi connectivity index (χ1v) is 11.5. The SMILES string of the molecule is Cc1nc(F)ccc1Oc1cc(C(F)(F)F)c(Cl)cc1C(=O)Nc1cccc(S(C)(=N)=O)c1. The summed E-state index contributed by atoms with van der Waals surface area (Å²) in [4.78, 5) is 16.6. The van der Waals surface area contributed by atoms with E-state index in [2.05, 4.69) is 10.3 Å². The van der Waals surface area contributed by atoms with Crippen LogP contribution in [0.4, 0.5) is 23.2 Å². The summed E-state index contributed by atoms with van der Waals surface area (Å²) in [6.45, 7) is 1.38. The Balaban J connectivity index is 2.06. The van der Waals surface area contributed by atoms with Gasteiger partial charge in [0.05, 0.1) is 31.6 Å². The molecular weight excluding hydrogens is 486 g/mol. The van der Waals surface area contributed by atoms with Crippen molar-refractivity contribution in [3.8, 4) is 11.5 Å². The fraction of sp³-hybridized carbons (Fsp3) is 0.143. The van der Waals surface area contributed by atoms with Gasteiger partial charge in [-0.05, 0) is 49.4 Å². The van der Waals surface area contributed by atoms with Gasteiger partial charge in [0, 0.05) is 16.8 Å². The summed E-state index contributed by atoms with van der Waals surface area (Å²) in [5.41, 5.74) is -1.37. The molecule has 0 fully saturated rings. The number of hydrogen-bond donors (Lipinski definition) is 2. The number of pyridine rings is 1. The molecular formula is C21H16ClF4N3O3S. The van der Waals surface area contributed by atoms with Gasteiger partial charge in [-0.3, -0.25) is 4.79 Å². The monoisotopic (exact) mass is 501 g/mol. The zero-order chi connectivity index (χ0) is 24.6. The van der Waals surface area contributed by atoms with E-state index in [1.54, 1.807) is 0 Å². The third-order valence-electron chi connectivity index (χ3n) is 4.38. The first kappa shape index (κ1) is 24.5. The Kier molecular flexibility index (Phi) is 6.66. The normalized spacial score (nSPS) is 13.3. The lowest BCUT2D eigenvalue weighted by Crippen LogP contribution is -2.15. The lowest BCUT2D eigenvalue weighted by atomic mass is 10.1. The zero-order valence-corrected chi connectivity index (χ0v) is 18.7. The second-order valence-electron chi connectivity index (χ2n) is 6.97. The number of carbonyl (C=O) groups is 1. The van der Waals surface area contributed by atoms with Crippen LogP contribution in [0.25, 0.3) is 0 Å². The molecule has 1 aromatic heterocycles. The van der Waals surface area contributed by atoms with Crippen LogP contribution in [-0.4, -0.2) is 21.4 Å². The summed E-state index contributed by atoms with van der Waals surface area (Å²) in [6, 6.07) is 9.17. The molecule has 1 amide bonds. The quantitative estimate of drug-likeness (QED) is 0.318. The van der Waals surface area contributed by atoms with Crippen molar-refractivity contribution < 1.29 is 31.3 Å². The van der Waals surface area contributed by atoms with Gasteiger partial charge in [-0.15, -0.1) is 0 Å². The van der Waals surface area contributed by atoms with Crippen molar-refractivity contribution in [2.45, 2.75) is 18.0 Å². The average molecular weight is 502 g/mol. The molecule has 0 spiro atoms. The molecule has 1 heterocycles. The van der Waals surface area contributed by atoms with Crippen molar-refractivity contribution in [1.82, 2.24) is 4.98 Å². The van der Waals surface area contributed by atoms with Gasteiger partial charge in [-0.1, -0.05) is 17.7 Å². The van der Waals surface area contributed by atoms with E-state index < -0.39 is 44.1 Å². The molecule has 0 aliphatic heterocycles. The molecule has 1 atom stereocenters. The number of ether oxygens (including phenoxy) is 1. The Morgan fingerprint density at radius 1 is 1.15 bits per heavy atom. The summed E-state index contributed by atoms with van der Waals surface area (Å²) in [5, 5.41) is 1.73. The van der Waals surface area contributed by atoms with E-state index in [-0.39, 0.29) is 27.6 Å². The van der Waals surface area contributed by atoms with Crippen LogP contribution in [0, 0.1) is 17.7 Å². The number of benzene rings is 2. The van der Waals surface area contributed by atoms with Crippen LogP contribution in [0.15, 0.2) is 53.4 Å². The van der Waals surface area contributed by atoms with Crippen LogP contribution in [0.5, 0.6) is 11.5 Å². The first-order chi connectivity index (χ1) is 15.3. The summed E-state index contributed by atoms with van der Waals surface area (Å²) in [7, 11) is -3.07. The standard InChI is InChI=1S/C21H16ClF4N3O3S/c1-11-17(6-7-19(23)28-11)32-18-10-15(21(24,25)26)16(22)9-14(18)20(30)29-12-4-3-5-13(8-12)33(2,27)31/h3-10,27H,1-2H3,(H,29,30). The van der Waals surface area contributed by atoms with Gasteiger partial charge in [0.15, 0.2) is 0 Å². The molecule has 2 N–H and O–H groups in total. The number of carbonyl (C=O) groups excluding carboxylic acids is 1. The molecule has 0 radical (unpaired) electrons. The molecule has 0 saturated carbocycles. The molecule has 1 unspecified atom stereocenters. The number of aryl methyl sites for hydroxylation is 1. The van der Waals surface area contributed by atoms with E-state index in [0.717, 1.165) is 18.2 Å².